The maximum Gasteiger partial charge on any atom is 0.0992 e. The van der Waals surface area contributed by atoms with Gasteiger partial charge in [-0.1, -0.05) is 30.3 Å². The van der Waals surface area contributed by atoms with Crippen molar-refractivity contribution in [2.45, 2.75) is 30.9 Å². The number of nitrogens with zero attached hydrogens (tertiary/aromatic N) is 1. The van der Waals surface area contributed by atoms with Gasteiger partial charge in [-0.25, -0.2) is 0 Å². The standard InChI is InChI=1S/C13H19NO4/c15-8-11(17)12-13(18)10(16)7-14(12)6-9-4-2-1-3-5-9/h1-5,10-13,15-18H,6-8H2/t10-,11+,12+,13+/m0/s1. The second-order valence-electron chi connectivity index (χ2n) is 4.71. The van der Waals surface area contributed by atoms with E-state index in [9.17, 15) is 15.3 Å². The van der Waals surface area contributed by atoms with E-state index in [1.54, 1.807) is 4.90 Å². The molecule has 0 aromatic heterocycles. The molecule has 0 bridgehead atoms. The number of hydrogen-bond acceptors (Lipinski definition) is 5. The second-order valence-corrected chi connectivity index (χ2v) is 4.71. The van der Waals surface area contributed by atoms with Gasteiger partial charge in [0.05, 0.1) is 31.0 Å². The Kier molecular flexibility index (Phi) is 4.31. The summed E-state index contributed by atoms with van der Waals surface area (Å²) in [6, 6.07) is 8.99. The molecule has 4 atom stereocenters. The largest absolute Gasteiger partial charge is 0.394 e. The van der Waals surface area contributed by atoms with E-state index in [1.165, 1.54) is 0 Å². The molecule has 0 radical (unpaired) electrons. The molecule has 5 nitrogen and oxygen atoms in total. The topological polar surface area (TPSA) is 84.2 Å². The second kappa shape index (κ2) is 5.77. The van der Waals surface area contributed by atoms with E-state index >= 15 is 0 Å². The minimum Gasteiger partial charge on any atom is -0.394 e. The summed E-state index contributed by atoms with van der Waals surface area (Å²) in [5.74, 6) is 0. The summed E-state index contributed by atoms with van der Waals surface area (Å²) in [4.78, 5) is 1.80. The fourth-order valence-corrected chi connectivity index (χ4v) is 2.48. The minimum atomic E-state index is -1.05. The Hall–Kier alpha value is -0.980. The maximum absolute atomic E-state index is 9.84. The molecule has 5 heteroatoms. The molecule has 100 valence electrons. The van der Waals surface area contributed by atoms with Crippen LogP contribution in [0, 0.1) is 0 Å². The van der Waals surface area contributed by atoms with Crippen LogP contribution in [0.4, 0.5) is 0 Å². The lowest BCUT2D eigenvalue weighted by molar-refractivity contribution is -0.0317. The van der Waals surface area contributed by atoms with Gasteiger partial charge in [-0.05, 0) is 5.56 Å². The quantitative estimate of drug-likeness (QED) is 0.550. The van der Waals surface area contributed by atoms with E-state index in [1.807, 2.05) is 30.3 Å². The fraction of sp³-hybridized carbons (Fsp3) is 0.538. The van der Waals surface area contributed by atoms with Gasteiger partial charge in [0.15, 0.2) is 0 Å². The minimum absolute atomic E-state index is 0.289. The van der Waals surface area contributed by atoms with Crippen molar-refractivity contribution < 1.29 is 20.4 Å². The summed E-state index contributed by atoms with van der Waals surface area (Å²) < 4.78 is 0. The number of β-amino-alcohol motifs (C(OH)–C–C–N with tert-alkyl or cyclic N) is 1. The molecule has 1 aromatic rings. The molecule has 1 aliphatic rings. The van der Waals surface area contributed by atoms with E-state index in [4.69, 9.17) is 5.11 Å². The van der Waals surface area contributed by atoms with Crippen molar-refractivity contribution in [2.75, 3.05) is 13.2 Å². The number of likely N-dealkylation sites (tertiary alicyclic amines) is 1. The van der Waals surface area contributed by atoms with E-state index in [0.29, 0.717) is 6.54 Å². The molecule has 1 aromatic carbocycles. The van der Waals surface area contributed by atoms with Gasteiger partial charge in [-0.2, -0.15) is 0 Å². The van der Waals surface area contributed by atoms with Gasteiger partial charge in [-0.15, -0.1) is 0 Å². The lowest BCUT2D eigenvalue weighted by atomic mass is 10.0. The maximum atomic E-state index is 9.84. The van der Waals surface area contributed by atoms with Crippen molar-refractivity contribution in [1.29, 1.82) is 0 Å². The summed E-state index contributed by atoms with van der Waals surface area (Å²) in [7, 11) is 0. The van der Waals surface area contributed by atoms with Crippen LogP contribution in [-0.2, 0) is 6.54 Å². The van der Waals surface area contributed by atoms with Crippen LogP contribution in [0.2, 0.25) is 0 Å². The summed E-state index contributed by atoms with van der Waals surface area (Å²) in [6.45, 7) is 0.383. The van der Waals surface area contributed by atoms with Crippen LogP contribution in [-0.4, -0.2) is 62.8 Å². The third-order valence-corrected chi connectivity index (χ3v) is 3.40. The molecular weight excluding hydrogens is 234 g/mol. The molecule has 0 spiro atoms. The van der Waals surface area contributed by atoms with Crippen LogP contribution >= 0.6 is 0 Å². The molecular formula is C13H19NO4. The van der Waals surface area contributed by atoms with Gasteiger partial charge >= 0.3 is 0 Å². The van der Waals surface area contributed by atoms with Crippen molar-refractivity contribution in [3.05, 3.63) is 35.9 Å². The first-order chi connectivity index (χ1) is 8.63. The Morgan fingerprint density at radius 2 is 1.89 bits per heavy atom. The highest BCUT2D eigenvalue weighted by Gasteiger charge is 2.43. The van der Waals surface area contributed by atoms with Crippen molar-refractivity contribution in [3.63, 3.8) is 0 Å². The summed E-state index contributed by atoms with van der Waals surface area (Å²) in [5, 5.41) is 38.3. The average Bonchev–Trinajstić information content (AvgIpc) is 2.65. The van der Waals surface area contributed by atoms with Crippen LogP contribution in [0.15, 0.2) is 30.3 Å². The number of aliphatic hydroxyl groups is 4. The highest BCUT2D eigenvalue weighted by atomic mass is 16.3. The predicted octanol–water partition coefficient (Wildman–Crippen LogP) is -1.05. The molecule has 4 N–H and O–H groups in total. The van der Waals surface area contributed by atoms with Gasteiger partial charge in [0.2, 0.25) is 0 Å². The zero-order chi connectivity index (χ0) is 13.1. The van der Waals surface area contributed by atoms with Crippen LogP contribution in [0.5, 0.6) is 0 Å². The third kappa shape index (κ3) is 2.71. The van der Waals surface area contributed by atoms with Crippen LogP contribution in [0.25, 0.3) is 0 Å². The van der Waals surface area contributed by atoms with Gasteiger partial charge < -0.3 is 20.4 Å². The summed E-state index contributed by atoms with van der Waals surface area (Å²) in [5.41, 5.74) is 1.04. The molecule has 0 aliphatic carbocycles. The summed E-state index contributed by atoms with van der Waals surface area (Å²) in [6.07, 6.45) is -2.98. The van der Waals surface area contributed by atoms with Crippen molar-refractivity contribution in [1.82, 2.24) is 4.90 Å². The van der Waals surface area contributed by atoms with Gasteiger partial charge in [0.25, 0.3) is 0 Å². The van der Waals surface area contributed by atoms with Gasteiger partial charge in [0, 0.05) is 13.1 Å². The van der Waals surface area contributed by atoms with Gasteiger partial charge in [0.1, 0.15) is 0 Å². The zero-order valence-electron chi connectivity index (χ0n) is 10.1. The van der Waals surface area contributed by atoms with E-state index < -0.39 is 31.0 Å². The Morgan fingerprint density at radius 1 is 1.22 bits per heavy atom. The van der Waals surface area contributed by atoms with Crippen LogP contribution < -0.4 is 0 Å². The highest BCUT2D eigenvalue weighted by Crippen LogP contribution is 2.23. The highest BCUT2D eigenvalue weighted by molar-refractivity contribution is 5.15. The number of aliphatic hydroxyl groups excluding tert-OH is 4. The first-order valence-electron chi connectivity index (χ1n) is 6.06. The Bertz CT molecular complexity index is 373. The fourth-order valence-electron chi connectivity index (χ4n) is 2.48. The average molecular weight is 253 g/mol. The lowest BCUT2D eigenvalue weighted by Gasteiger charge is -2.29. The SMILES string of the molecule is OC[C@@H](O)[C@@H]1[C@H](O)[C@@H](O)CN1Cc1ccccc1. The molecule has 0 unspecified atom stereocenters. The lowest BCUT2D eigenvalue weighted by Crippen LogP contribution is -2.46. The first-order valence-corrected chi connectivity index (χ1v) is 6.06. The number of benzene rings is 1. The monoisotopic (exact) mass is 253 g/mol. The molecule has 1 aliphatic heterocycles. The third-order valence-electron chi connectivity index (χ3n) is 3.40. The molecule has 1 heterocycles. The first kappa shape index (κ1) is 13.5. The van der Waals surface area contributed by atoms with Crippen LogP contribution in [0.1, 0.15) is 5.56 Å². The van der Waals surface area contributed by atoms with Gasteiger partial charge in [-0.3, -0.25) is 4.90 Å². The summed E-state index contributed by atoms with van der Waals surface area (Å²) >= 11 is 0. The van der Waals surface area contributed by atoms with E-state index in [2.05, 4.69) is 0 Å². The number of hydrogen-bond donors (Lipinski definition) is 4. The van der Waals surface area contributed by atoms with Crippen molar-refractivity contribution in [3.8, 4) is 0 Å². The molecule has 1 fully saturated rings. The molecule has 18 heavy (non-hydrogen) atoms. The molecule has 1 saturated heterocycles. The van der Waals surface area contributed by atoms with E-state index in [-0.39, 0.29) is 6.54 Å². The number of rotatable bonds is 4. The molecule has 0 amide bonds. The van der Waals surface area contributed by atoms with Crippen molar-refractivity contribution in [2.24, 2.45) is 0 Å². The van der Waals surface area contributed by atoms with E-state index in [0.717, 1.165) is 5.56 Å². The Labute approximate surface area is 106 Å². The normalized spacial score (nSPS) is 30.6. The zero-order valence-corrected chi connectivity index (χ0v) is 10.1. The molecule has 0 saturated carbocycles. The van der Waals surface area contributed by atoms with Crippen LogP contribution in [0.3, 0.4) is 0 Å². The molecule has 2 rings (SSSR count). The smallest absolute Gasteiger partial charge is 0.0992 e. The Morgan fingerprint density at radius 3 is 2.50 bits per heavy atom. The Balaban J connectivity index is 2.11. The van der Waals surface area contributed by atoms with Crippen molar-refractivity contribution >= 4 is 0 Å². The predicted molar refractivity (Wildman–Crippen MR) is 65.7 cm³/mol.